The molecule has 1 atom stereocenters. The molecule has 1 aliphatic carbocycles. The van der Waals surface area contributed by atoms with Crippen molar-refractivity contribution >= 4 is 28.0 Å². The van der Waals surface area contributed by atoms with Crippen molar-refractivity contribution in [1.29, 1.82) is 0 Å². The summed E-state index contributed by atoms with van der Waals surface area (Å²) in [5.41, 5.74) is 2.79. The Hall–Kier alpha value is -2.18. The Labute approximate surface area is 140 Å². The predicted octanol–water partition coefficient (Wildman–Crippen LogP) is 3.96. The van der Waals surface area contributed by atoms with Gasteiger partial charge in [0, 0.05) is 18.1 Å². The molecule has 0 fully saturated rings. The lowest BCUT2D eigenvalue weighted by molar-refractivity contribution is -0.113. The second-order valence-corrected chi connectivity index (χ2v) is 6.53. The van der Waals surface area contributed by atoms with E-state index in [-0.39, 0.29) is 17.1 Å². The molecule has 3 rings (SSSR count). The van der Waals surface area contributed by atoms with Gasteiger partial charge in [0.1, 0.15) is 11.6 Å². The minimum atomic E-state index is -1.92. The van der Waals surface area contributed by atoms with Crippen LogP contribution in [0.5, 0.6) is 0 Å². The fourth-order valence-corrected chi connectivity index (χ4v) is 3.40. The fourth-order valence-electron chi connectivity index (χ4n) is 2.92. The van der Waals surface area contributed by atoms with E-state index in [0.29, 0.717) is 24.0 Å². The topological polar surface area (TPSA) is 54.4 Å². The van der Waals surface area contributed by atoms with Crippen LogP contribution in [-0.4, -0.2) is 14.5 Å². The first-order chi connectivity index (χ1) is 11.4. The average molecular weight is 348 g/mol. The number of ketones is 1. The van der Waals surface area contributed by atoms with E-state index in [2.05, 4.69) is 0 Å². The van der Waals surface area contributed by atoms with Crippen LogP contribution < -0.4 is 0 Å². The van der Waals surface area contributed by atoms with E-state index in [1.165, 1.54) is 0 Å². The van der Waals surface area contributed by atoms with Crippen molar-refractivity contribution < 1.29 is 22.3 Å². The number of halogens is 2. The summed E-state index contributed by atoms with van der Waals surface area (Å²) in [6, 6.07) is 10.0. The quantitative estimate of drug-likeness (QED) is 0.851. The highest BCUT2D eigenvalue weighted by Crippen LogP contribution is 2.38. The molecular formula is C18H14F2O3S. The number of rotatable bonds is 4. The lowest BCUT2D eigenvalue weighted by Gasteiger charge is -2.09. The first-order valence-corrected chi connectivity index (χ1v) is 8.61. The van der Waals surface area contributed by atoms with Crippen molar-refractivity contribution in [2.45, 2.75) is 18.6 Å². The molecule has 1 unspecified atom stereocenters. The first-order valence-electron chi connectivity index (χ1n) is 7.33. The lowest BCUT2D eigenvalue weighted by atomic mass is 9.96. The van der Waals surface area contributed by atoms with Crippen LogP contribution in [0.1, 0.15) is 29.5 Å². The van der Waals surface area contributed by atoms with Gasteiger partial charge in [0.05, 0.1) is 5.75 Å². The molecule has 0 saturated carbocycles. The molecule has 0 bridgehead atoms. The number of Topliss-reactive ketones (excluding diaryl/α,β-unsaturated/α-hetero) is 1. The molecule has 2 aromatic rings. The Morgan fingerprint density at radius 3 is 2.17 bits per heavy atom. The summed E-state index contributed by atoms with van der Waals surface area (Å²) in [6.07, 6.45) is 0.794. The summed E-state index contributed by atoms with van der Waals surface area (Å²) >= 11 is -1.92. The summed E-state index contributed by atoms with van der Waals surface area (Å²) in [4.78, 5) is 12.2. The summed E-state index contributed by atoms with van der Waals surface area (Å²) in [7, 11) is 0. The Bertz CT molecular complexity index is 837. The monoisotopic (exact) mass is 348 g/mol. The van der Waals surface area contributed by atoms with E-state index >= 15 is 0 Å². The molecule has 0 spiro atoms. The third-order valence-corrected chi connectivity index (χ3v) is 4.51. The SMILES string of the molecule is O=C1CCC(c2ccc(CS(=O)O)cc2)=C1c1cc(F)cc(F)c1. The number of carbonyl (C=O) groups is 1. The molecule has 3 nitrogen and oxygen atoms in total. The highest BCUT2D eigenvalue weighted by atomic mass is 32.2. The Morgan fingerprint density at radius 2 is 1.58 bits per heavy atom. The number of hydrogen-bond donors (Lipinski definition) is 1. The number of hydrogen-bond acceptors (Lipinski definition) is 2. The molecule has 0 aromatic heterocycles. The molecule has 24 heavy (non-hydrogen) atoms. The Balaban J connectivity index is 2.04. The van der Waals surface area contributed by atoms with E-state index in [9.17, 15) is 17.8 Å². The standard InChI is InChI=1S/C18H14F2O3S/c19-14-7-13(8-15(20)9-14)18-16(5-6-17(18)21)12-3-1-11(2-4-12)10-24(22)23/h1-4,7-9H,5-6,10H2,(H,22,23). The zero-order valence-electron chi connectivity index (χ0n) is 12.6. The highest BCUT2D eigenvalue weighted by Gasteiger charge is 2.26. The van der Waals surface area contributed by atoms with Crippen LogP contribution in [0.4, 0.5) is 8.78 Å². The van der Waals surface area contributed by atoms with Crippen LogP contribution in [0.2, 0.25) is 0 Å². The van der Waals surface area contributed by atoms with Crippen LogP contribution in [0, 0.1) is 11.6 Å². The predicted molar refractivity (Wildman–Crippen MR) is 88.3 cm³/mol. The molecule has 0 radical (unpaired) electrons. The maximum Gasteiger partial charge on any atom is 0.164 e. The third kappa shape index (κ3) is 3.49. The fraction of sp³-hybridized carbons (Fsp3) is 0.167. The molecular weight excluding hydrogens is 334 g/mol. The van der Waals surface area contributed by atoms with Gasteiger partial charge in [0.2, 0.25) is 0 Å². The van der Waals surface area contributed by atoms with Crippen LogP contribution in [0.15, 0.2) is 42.5 Å². The summed E-state index contributed by atoms with van der Waals surface area (Å²) in [6.45, 7) is 0. The van der Waals surface area contributed by atoms with Crippen molar-refractivity contribution in [1.82, 2.24) is 0 Å². The molecule has 0 saturated heterocycles. The van der Waals surface area contributed by atoms with Gasteiger partial charge < -0.3 is 4.55 Å². The van der Waals surface area contributed by atoms with Crippen molar-refractivity contribution in [2.24, 2.45) is 0 Å². The van der Waals surface area contributed by atoms with Crippen LogP contribution in [0.3, 0.4) is 0 Å². The van der Waals surface area contributed by atoms with Crippen molar-refractivity contribution in [2.75, 3.05) is 0 Å². The number of benzene rings is 2. The molecule has 6 heteroatoms. The minimum Gasteiger partial charge on any atom is -0.306 e. The van der Waals surface area contributed by atoms with Gasteiger partial charge in [-0.3, -0.25) is 4.79 Å². The summed E-state index contributed by atoms with van der Waals surface area (Å²) in [5.74, 6) is -1.56. The van der Waals surface area contributed by atoms with E-state index in [0.717, 1.165) is 29.3 Å². The molecule has 0 aliphatic heterocycles. The second-order valence-electron chi connectivity index (χ2n) is 5.60. The van der Waals surface area contributed by atoms with E-state index in [1.54, 1.807) is 24.3 Å². The molecule has 1 N–H and O–H groups in total. The van der Waals surface area contributed by atoms with Gasteiger partial charge in [0.15, 0.2) is 16.9 Å². The van der Waals surface area contributed by atoms with Gasteiger partial charge in [-0.1, -0.05) is 24.3 Å². The van der Waals surface area contributed by atoms with Gasteiger partial charge in [-0.05, 0) is 40.8 Å². The average Bonchev–Trinajstić information content (AvgIpc) is 2.88. The molecule has 0 amide bonds. The Morgan fingerprint density at radius 1 is 0.958 bits per heavy atom. The van der Waals surface area contributed by atoms with Gasteiger partial charge in [0.25, 0.3) is 0 Å². The van der Waals surface area contributed by atoms with Crippen LogP contribution >= 0.6 is 0 Å². The van der Waals surface area contributed by atoms with Crippen LogP contribution in [0.25, 0.3) is 11.1 Å². The maximum atomic E-state index is 13.5. The number of allylic oxidation sites excluding steroid dienone is 2. The zero-order chi connectivity index (χ0) is 17.3. The van der Waals surface area contributed by atoms with Gasteiger partial charge in [-0.15, -0.1) is 0 Å². The van der Waals surface area contributed by atoms with Gasteiger partial charge >= 0.3 is 0 Å². The molecule has 1 aliphatic rings. The minimum absolute atomic E-state index is 0.0280. The molecule has 124 valence electrons. The summed E-state index contributed by atoms with van der Waals surface area (Å²) < 4.78 is 46.7. The molecule has 2 aromatic carbocycles. The largest absolute Gasteiger partial charge is 0.306 e. The highest BCUT2D eigenvalue weighted by molar-refractivity contribution is 7.78. The van der Waals surface area contributed by atoms with E-state index in [1.807, 2.05) is 0 Å². The normalized spacial score (nSPS) is 15.9. The van der Waals surface area contributed by atoms with E-state index in [4.69, 9.17) is 4.55 Å². The third-order valence-electron chi connectivity index (χ3n) is 3.93. The van der Waals surface area contributed by atoms with Crippen molar-refractivity contribution in [3.63, 3.8) is 0 Å². The van der Waals surface area contributed by atoms with Crippen molar-refractivity contribution in [3.05, 3.63) is 70.8 Å². The maximum absolute atomic E-state index is 13.5. The zero-order valence-corrected chi connectivity index (χ0v) is 13.4. The smallest absolute Gasteiger partial charge is 0.164 e. The Kier molecular flexibility index (Phi) is 4.69. The first kappa shape index (κ1) is 16.7. The van der Waals surface area contributed by atoms with E-state index < -0.39 is 22.7 Å². The molecule has 0 heterocycles. The second kappa shape index (κ2) is 6.75. The number of carbonyl (C=O) groups excluding carboxylic acids is 1. The summed E-state index contributed by atoms with van der Waals surface area (Å²) in [5, 5.41) is 0. The van der Waals surface area contributed by atoms with Crippen LogP contribution in [-0.2, 0) is 21.6 Å². The lowest BCUT2D eigenvalue weighted by Crippen LogP contribution is -1.98. The van der Waals surface area contributed by atoms with Crippen molar-refractivity contribution in [3.8, 4) is 0 Å². The van der Waals surface area contributed by atoms with Gasteiger partial charge in [-0.25, -0.2) is 13.0 Å². The van der Waals surface area contributed by atoms with Gasteiger partial charge in [-0.2, -0.15) is 0 Å².